The molecular formula is C15H20BrN3O2S. The molecule has 1 heterocycles. The second-order valence-electron chi connectivity index (χ2n) is 5.35. The van der Waals surface area contributed by atoms with Crippen molar-refractivity contribution in [2.45, 2.75) is 38.6 Å². The average molecular weight is 386 g/mol. The van der Waals surface area contributed by atoms with Crippen LogP contribution in [0.3, 0.4) is 0 Å². The Labute approximate surface area is 139 Å². The maximum Gasteiger partial charge on any atom is 0.240 e. The second-order valence-corrected chi connectivity index (χ2v) is 7.94. The minimum absolute atomic E-state index is 0.352. The summed E-state index contributed by atoms with van der Waals surface area (Å²) >= 11 is 3.41. The maximum absolute atomic E-state index is 12.3. The molecule has 0 saturated carbocycles. The Morgan fingerprint density at radius 2 is 2.00 bits per heavy atom. The van der Waals surface area contributed by atoms with Crippen LogP contribution in [0.4, 0.5) is 0 Å². The number of hydrogen-bond acceptors (Lipinski definition) is 3. The lowest BCUT2D eigenvalue weighted by atomic mass is 10.2. The van der Waals surface area contributed by atoms with Crippen LogP contribution < -0.4 is 4.72 Å². The van der Waals surface area contributed by atoms with Crippen LogP contribution in [0.5, 0.6) is 0 Å². The molecule has 0 saturated heterocycles. The lowest BCUT2D eigenvalue weighted by Crippen LogP contribution is -2.26. The molecule has 7 heteroatoms. The van der Waals surface area contributed by atoms with E-state index in [9.17, 15) is 8.42 Å². The summed E-state index contributed by atoms with van der Waals surface area (Å²) in [5, 5.41) is 4.32. The lowest BCUT2D eigenvalue weighted by Gasteiger charge is -2.10. The number of nitrogens with zero attached hydrogens (tertiary/aromatic N) is 2. The lowest BCUT2D eigenvalue weighted by molar-refractivity contribution is 0.551. The van der Waals surface area contributed by atoms with Crippen LogP contribution in [0.25, 0.3) is 0 Å². The Morgan fingerprint density at radius 1 is 1.27 bits per heavy atom. The van der Waals surface area contributed by atoms with Gasteiger partial charge in [0.15, 0.2) is 0 Å². The topological polar surface area (TPSA) is 64.0 Å². The third-order valence-electron chi connectivity index (χ3n) is 3.38. The monoisotopic (exact) mass is 385 g/mol. The molecule has 0 radical (unpaired) electrons. The molecule has 1 aromatic heterocycles. The number of aromatic nitrogens is 2. The van der Waals surface area contributed by atoms with E-state index in [-0.39, 0.29) is 0 Å². The van der Waals surface area contributed by atoms with Gasteiger partial charge in [-0.1, -0.05) is 12.1 Å². The molecule has 0 unspecified atom stereocenters. The van der Waals surface area contributed by atoms with E-state index < -0.39 is 10.0 Å². The molecule has 0 aliphatic heterocycles. The summed E-state index contributed by atoms with van der Waals surface area (Å²) in [6, 6.07) is 5.44. The molecule has 0 aliphatic carbocycles. The molecule has 2 rings (SSSR count). The van der Waals surface area contributed by atoms with Gasteiger partial charge in [-0.15, -0.1) is 0 Å². The van der Waals surface area contributed by atoms with Gasteiger partial charge in [-0.3, -0.25) is 4.68 Å². The second kappa shape index (κ2) is 6.93. The predicted molar refractivity (Wildman–Crippen MR) is 90.4 cm³/mol. The predicted octanol–water partition coefficient (Wildman–Crippen LogP) is 2.94. The average Bonchev–Trinajstić information content (AvgIpc) is 2.76. The molecule has 0 atom stereocenters. The molecule has 0 fully saturated rings. The number of sulfonamides is 1. The fourth-order valence-electron chi connectivity index (χ4n) is 2.13. The van der Waals surface area contributed by atoms with Gasteiger partial charge >= 0.3 is 0 Å². The summed E-state index contributed by atoms with van der Waals surface area (Å²) in [4.78, 5) is 0.352. The molecule has 0 aliphatic rings. The van der Waals surface area contributed by atoms with Crippen molar-refractivity contribution in [2.75, 3.05) is 6.54 Å². The highest BCUT2D eigenvalue weighted by molar-refractivity contribution is 9.10. The van der Waals surface area contributed by atoms with Gasteiger partial charge in [0.05, 0.1) is 15.1 Å². The van der Waals surface area contributed by atoms with Gasteiger partial charge in [0.2, 0.25) is 10.0 Å². The molecule has 0 amide bonds. The normalized spacial score (nSPS) is 11.8. The van der Waals surface area contributed by atoms with Gasteiger partial charge in [-0.25, -0.2) is 13.1 Å². The third kappa shape index (κ3) is 4.18. The third-order valence-corrected chi connectivity index (χ3v) is 5.76. The molecule has 120 valence electrons. The van der Waals surface area contributed by atoms with Crippen LogP contribution in [-0.4, -0.2) is 24.7 Å². The van der Waals surface area contributed by atoms with Gasteiger partial charge in [0.25, 0.3) is 0 Å². The first-order valence-electron chi connectivity index (χ1n) is 7.06. The van der Waals surface area contributed by atoms with Crippen LogP contribution in [0.2, 0.25) is 0 Å². The van der Waals surface area contributed by atoms with Crippen molar-refractivity contribution in [3.05, 3.63) is 45.7 Å². The van der Waals surface area contributed by atoms with Crippen molar-refractivity contribution in [3.63, 3.8) is 0 Å². The summed E-state index contributed by atoms with van der Waals surface area (Å²) in [5.74, 6) is 0. The minimum atomic E-state index is -3.46. The first kappa shape index (κ1) is 17.2. The number of aryl methyl sites for hydroxylation is 4. The minimum Gasteiger partial charge on any atom is -0.271 e. The molecule has 1 N–H and O–H groups in total. The highest BCUT2D eigenvalue weighted by Crippen LogP contribution is 2.16. The smallest absolute Gasteiger partial charge is 0.240 e. The van der Waals surface area contributed by atoms with Gasteiger partial charge in [-0.05, 0) is 60.3 Å². The molecule has 1 aromatic carbocycles. The van der Waals surface area contributed by atoms with Crippen molar-refractivity contribution in [1.29, 1.82) is 0 Å². The molecule has 5 nitrogen and oxygen atoms in total. The highest BCUT2D eigenvalue weighted by Gasteiger charge is 2.16. The number of benzene rings is 1. The van der Waals surface area contributed by atoms with E-state index in [1.807, 2.05) is 36.9 Å². The van der Waals surface area contributed by atoms with E-state index in [0.29, 0.717) is 24.4 Å². The summed E-state index contributed by atoms with van der Waals surface area (Å²) in [7, 11) is -3.46. The Bertz CT molecular complexity index is 750. The quantitative estimate of drug-likeness (QED) is 0.777. The van der Waals surface area contributed by atoms with E-state index >= 15 is 0 Å². The van der Waals surface area contributed by atoms with Crippen LogP contribution in [-0.2, 0) is 16.6 Å². The maximum atomic E-state index is 12.3. The Balaban J connectivity index is 1.94. The number of hydrogen-bond donors (Lipinski definition) is 1. The number of halogens is 1. The van der Waals surface area contributed by atoms with E-state index in [0.717, 1.165) is 21.3 Å². The molecule has 22 heavy (non-hydrogen) atoms. The van der Waals surface area contributed by atoms with Crippen molar-refractivity contribution in [1.82, 2.24) is 14.5 Å². The SMILES string of the molecule is Cc1ccc(C)c(S(=O)(=O)NCCCn2cc(Br)c(C)n2)c1. The Hall–Kier alpha value is -1.18. The Kier molecular flexibility index (Phi) is 5.41. The zero-order valence-corrected chi connectivity index (χ0v) is 15.3. The van der Waals surface area contributed by atoms with Crippen molar-refractivity contribution < 1.29 is 8.42 Å². The highest BCUT2D eigenvalue weighted by atomic mass is 79.9. The van der Waals surface area contributed by atoms with Gasteiger partial charge in [-0.2, -0.15) is 5.10 Å². The Morgan fingerprint density at radius 3 is 2.64 bits per heavy atom. The van der Waals surface area contributed by atoms with E-state index in [1.54, 1.807) is 13.0 Å². The number of rotatable bonds is 6. The molecule has 2 aromatic rings. The van der Waals surface area contributed by atoms with Crippen molar-refractivity contribution in [2.24, 2.45) is 0 Å². The summed E-state index contributed by atoms with van der Waals surface area (Å²) in [6.07, 6.45) is 2.58. The van der Waals surface area contributed by atoms with Gasteiger partial charge in [0, 0.05) is 19.3 Å². The van der Waals surface area contributed by atoms with E-state index in [2.05, 4.69) is 25.8 Å². The van der Waals surface area contributed by atoms with Crippen LogP contribution in [0.15, 0.2) is 33.8 Å². The van der Waals surface area contributed by atoms with Crippen molar-refractivity contribution >= 4 is 26.0 Å². The largest absolute Gasteiger partial charge is 0.271 e. The van der Waals surface area contributed by atoms with Crippen molar-refractivity contribution in [3.8, 4) is 0 Å². The molecular weight excluding hydrogens is 366 g/mol. The van der Waals surface area contributed by atoms with E-state index in [1.165, 1.54) is 0 Å². The zero-order valence-electron chi connectivity index (χ0n) is 12.9. The fourth-order valence-corrected chi connectivity index (χ4v) is 3.85. The molecule has 0 spiro atoms. The summed E-state index contributed by atoms with van der Waals surface area (Å²) in [5.41, 5.74) is 2.61. The zero-order chi connectivity index (χ0) is 16.3. The standard InChI is InChI=1S/C15H20BrN3O2S/c1-11-5-6-12(2)15(9-11)22(20,21)17-7-4-8-19-10-14(16)13(3)18-19/h5-6,9-10,17H,4,7-8H2,1-3H3. The molecule has 0 bridgehead atoms. The van der Waals surface area contributed by atoms with Crippen LogP contribution in [0, 0.1) is 20.8 Å². The first-order chi connectivity index (χ1) is 10.3. The van der Waals surface area contributed by atoms with Crippen LogP contribution >= 0.6 is 15.9 Å². The van der Waals surface area contributed by atoms with Gasteiger partial charge in [0.1, 0.15) is 0 Å². The first-order valence-corrected chi connectivity index (χ1v) is 9.34. The summed E-state index contributed by atoms with van der Waals surface area (Å²) < 4.78 is 30.1. The summed E-state index contributed by atoms with van der Waals surface area (Å²) in [6.45, 7) is 6.66. The van der Waals surface area contributed by atoms with Crippen LogP contribution in [0.1, 0.15) is 23.2 Å². The van der Waals surface area contributed by atoms with Gasteiger partial charge < -0.3 is 0 Å². The van der Waals surface area contributed by atoms with E-state index in [4.69, 9.17) is 0 Å². The number of nitrogens with one attached hydrogen (secondary N) is 1. The fraction of sp³-hybridized carbons (Fsp3) is 0.400.